The second-order valence-corrected chi connectivity index (χ2v) is 20.5. The van der Waals surface area contributed by atoms with Crippen molar-refractivity contribution < 1.29 is 91.7 Å². The lowest BCUT2D eigenvalue weighted by atomic mass is 9.87. The van der Waals surface area contributed by atoms with E-state index in [0.29, 0.717) is 114 Å². The summed E-state index contributed by atoms with van der Waals surface area (Å²) in [7, 11) is 0. The number of rotatable bonds is 43. The number of nitrogens with two attached hydrogens (primary N) is 2. The number of amides is 2. The van der Waals surface area contributed by atoms with Crippen molar-refractivity contribution in [2.45, 2.75) is 82.9 Å². The van der Waals surface area contributed by atoms with Crippen molar-refractivity contribution >= 4 is 46.8 Å². The van der Waals surface area contributed by atoms with Gasteiger partial charge in [0.25, 0.3) is 11.4 Å². The van der Waals surface area contributed by atoms with Gasteiger partial charge in [-0.2, -0.15) is 0 Å². The fraction of sp³-hybridized carbons (Fsp3) is 0.542. The number of hydrogen-bond donors (Lipinski definition) is 6. The molecular formula is C59H80N10O21. The number of aliphatic carboxylic acids is 1. The minimum atomic E-state index is -1.63. The molecule has 0 bridgehead atoms. The van der Waals surface area contributed by atoms with E-state index in [0.717, 1.165) is 22.9 Å². The topological polar surface area (TPSA) is 418 Å². The number of carbonyl (C=O) groups is 4. The number of para-hydroxylation sites is 1. The number of aliphatic hydroxyl groups is 2. The molecule has 3 heterocycles. The Morgan fingerprint density at radius 1 is 0.756 bits per heavy atom. The van der Waals surface area contributed by atoms with Crippen LogP contribution in [0.1, 0.15) is 50.2 Å². The van der Waals surface area contributed by atoms with Crippen molar-refractivity contribution in [3.63, 3.8) is 0 Å². The molecular weight excluding hydrogens is 1180 g/mol. The first-order valence-corrected chi connectivity index (χ1v) is 29.5. The number of hydrogen-bond acceptors (Lipinski definition) is 23. The maximum Gasteiger partial charge on any atom is 0.407 e. The van der Waals surface area contributed by atoms with Gasteiger partial charge in [0.1, 0.15) is 23.7 Å². The third-order valence-corrected chi connectivity index (χ3v) is 14.1. The van der Waals surface area contributed by atoms with Crippen LogP contribution in [-0.4, -0.2) is 213 Å². The van der Waals surface area contributed by atoms with E-state index < -0.39 is 64.5 Å². The molecule has 5 atom stereocenters. The first-order chi connectivity index (χ1) is 43.6. The van der Waals surface area contributed by atoms with Crippen molar-refractivity contribution in [2.24, 2.45) is 22.4 Å². The SMILES string of the molecule is C[C@H]1[C@H]([C@H](OC(=O)NCCOCCOCCOCCn2nnc3c2-c2ccccc2CN(C(=O)CCC(=O)CCCOCCOCCOCCOCCOCCCc2ccc([N+](=O)[O-])cc2[N+](=O)[O-])c2ccccc2-3)[C@H](O)CO)OC(C(=O)O)=C[C@@H]1N=C(N)N. The molecule has 0 radical (unpaired) electrons. The normalized spacial score (nSPS) is 15.8. The number of ether oxygens (including phenoxy) is 10. The minimum Gasteiger partial charge on any atom is -0.479 e. The first kappa shape index (κ1) is 71.0. The number of ketones is 1. The van der Waals surface area contributed by atoms with E-state index in [-0.39, 0.29) is 101 Å². The molecule has 492 valence electrons. The number of non-ortho nitro benzene ring substituents is 1. The smallest absolute Gasteiger partial charge is 0.407 e. The van der Waals surface area contributed by atoms with E-state index in [1.165, 1.54) is 18.2 Å². The molecule has 0 saturated carbocycles. The monoisotopic (exact) mass is 1260 g/mol. The van der Waals surface area contributed by atoms with E-state index >= 15 is 0 Å². The second kappa shape index (κ2) is 38.4. The van der Waals surface area contributed by atoms with Crippen molar-refractivity contribution in [1.29, 1.82) is 0 Å². The number of guanidine groups is 1. The summed E-state index contributed by atoms with van der Waals surface area (Å²) in [4.78, 5) is 78.1. The summed E-state index contributed by atoms with van der Waals surface area (Å²) in [5, 5.41) is 63.6. The van der Waals surface area contributed by atoms with Gasteiger partial charge in [0.2, 0.25) is 11.7 Å². The van der Waals surface area contributed by atoms with Crippen molar-refractivity contribution in [3.05, 3.63) is 110 Å². The Kier molecular flexibility index (Phi) is 30.3. The number of fused-ring (bicyclic) bond motifs is 5. The average Bonchev–Trinajstić information content (AvgIpc) is 1.56. The molecule has 2 aliphatic heterocycles. The number of aryl methyl sites for hydroxylation is 1. The van der Waals surface area contributed by atoms with Crippen LogP contribution in [0, 0.1) is 26.1 Å². The zero-order valence-electron chi connectivity index (χ0n) is 50.2. The number of nitro groups is 2. The number of alkyl carbamates (subject to hydrolysis) is 1. The molecule has 0 spiro atoms. The molecule has 2 aliphatic rings. The van der Waals surface area contributed by atoms with Gasteiger partial charge in [-0.05, 0) is 43.0 Å². The number of carboxylic acid groups (broad SMARTS) is 1. The molecule has 31 nitrogen and oxygen atoms in total. The fourth-order valence-electron chi connectivity index (χ4n) is 9.63. The maximum atomic E-state index is 14.0. The molecule has 8 N–H and O–H groups in total. The van der Waals surface area contributed by atoms with Crippen LogP contribution in [0.2, 0.25) is 0 Å². The lowest BCUT2D eigenvalue weighted by Gasteiger charge is -2.38. The van der Waals surface area contributed by atoms with Crippen LogP contribution in [-0.2, 0) is 81.3 Å². The van der Waals surface area contributed by atoms with E-state index in [1.54, 1.807) is 16.5 Å². The standard InChI is InChI=1S/C59H80N10O21/c1-40-47(63-58(60)61)37-51(57(74)75)89-55(40)56(50(72)39-70)90-59(76)62-18-22-83-26-30-87-31-27-84-23-19-67-54-45-11-3-2-8-42(45)38-66(48-13-5-4-12-46(48)53(54)64-65-67)52(73)17-16-44(71)10-7-21-82-25-29-86-33-35-88-34-32-85-28-24-81-20-6-9-41-14-15-43(68(77)78)36-49(41)69(79)80/h2-5,8,11-15,36-37,40,47,50,55-56,70,72H,6-7,9-10,16-35,38-39H2,1H3,(H,62,76)(H,74,75)(H4,60,61,63)/t40-,47+,50-,55-,56-/m1/s1. The number of carbonyl (C=O) groups excluding carboxylic acids is 3. The van der Waals surface area contributed by atoms with E-state index in [4.69, 9.17) is 58.8 Å². The Bertz CT molecular complexity index is 3020. The average molecular weight is 1270 g/mol. The van der Waals surface area contributed by atoms with Crippen LogP contribution in [0.25, 0.3) is 22.5 Å². The Hall–Kier alpha value is -8.11. The molecule has 1 aromatic heterocycles. The van der Waals surface area contributed by atoms with E-state index in [1.807, 2.05) is 48.5 Å². The Morgan fingerprint density at radius 3 is 1.96 bits per heavy atom. The predicted molar refractivity (Wildman–Crippen MR) is 321 cm³/mol. The van der Waals surface area contributed by atoms with Gasteiger partial charge in [-0.1, -0.05) is 54.6 Å². The van der Waals surface area contributed by atoms with Crippen LogP contribution in [0.15, 0.2) is 83.6 Å². The number of nitrogens with zero attached hydrogens (tertiary/aromatic N) is 7. The maximum absolute atomic E-state index is 14.0. The number of Topliss-reactive ketones (excluding diaryl/α,β-unsaturated/α-hetero) is 1. The molecule has 90 heavy (non-hydrogen) atoms. The number of nitrogens with one attached hydrogen (secondary N) is 1. The largest absolute Gasteiger partial charge is 0.479 e. The highest BCUT2D eigenvalue weighted by molar-refractivity contribution is 6.01. The number of aliphatic imine (C=N–C) groups is 1. The number of anilines is 1. The van der Waals surface area contributed by atoms with Crippen LogP contribution < -0.4 is 21.7 Å². The van der Waals surface area contributed by atoms with Gasteiger partial charge in [0.05, 0.1) is 146 Å². The van der Waals surface area contributed by atoms with Gasteiger partial charge in [0.15, 0.2) is 12.1 Å². The minimum absolute atomic E-state index is 0.00669. The molecule has 31 heteroatoms. The zero-order chi connectivity index (χ0) is 64.6. The fourth-order valence-corrected chi connectivity index (χ4v) is 9.63. The van der Waals surface area contributed by atoms with Crippen molar-refractivity contribution in [3.8, 4) is 22.5 Å². The number of aromatic nitrogens is 3. The predicted octanol–water partition coefficient (Wildman–Crippen LogP) is 3.26. The summed E-state index contributed by atoms with van der Waals surface area (Å²) in [6.07, 6.45) is -2.43. The molecule has 0 aliphatic carbocycles. The molecule has 0 unspecified atom stereocenters. The number of benzene rings is 3. The van der Waals surface area contributed by atoms with Crippen LogP contribution >= 0.6 is 0 Å². The Morgan fingerprint density at radius 2 is 1.34 bits per heavy atom. The summed E-state index contributed by atoms with van der Waals surface area (Å²) < 4.78 is 57.5. The van der Waals surface area contributed by atoms with Gasteiger partial charge < -0.3 is 84.4 Å². The number of nitro benzene ring substituents is 2. The highest BCUT2D eigenvalue weighted by Gasteiger charge is 2.44. The molecule has 0 fully saturated rings. The van der Waals surface area contributed by atoms with Gasteiger partial charge in [-0.25, -0.2) is 19.3 Å². The first-order valence-electron chi connectivity index (χ1n) is 29.5. The van der Waals surface area contributed by atoms with E-state index in [9.17, 15) is 54.7 Å². The lowest BCUT2D eigenvalue weighted by Crippen LogP contribution is -2.52. The van der Waals surface area contributed by atoms with Crippen molar-refractivity contribution in [1.82, 2.24) is 20.3 Å². The molecule has 3 aromatic carbocycles. The third kappa shape index (κ3) is 22.7. The lowest BCUT2D eigenvalue weighted by molar-refractivity contribution is -0.394. The summed E-state index contributed by atoms with van der Waals surface area (Å²) in [5.74, 6) is -3.19. The van der Waals surface area contributed by atoms with Gasteiger partial charge in [-0.15, -0.1) is 5.10 Å². The van der Waals surface area contributed by atoms with Crippen LogP contribution in [0.4, 0.5) is 21.9 Å². The summed E-state index contributed by atoms with van der Waals surface area (Å²) >= 11 is 0. The van der Waals surface area contributed by atoms with Crippen molar-refractivity contribution in [2.75, 3.05) is 124 Å². The third-order valence-electron chi connectivity index (χ3n) is 14.1. The van der Waals surface area contributed by atoms with Crippen LogP contribution in [0.5, 0.6) is 0 Å². The highest BCUT2D eigenvalue weighted by atomic mass is 16.6. The second-order valence-electron chi connectivity index (χ2n) is 20.5. The van der Waals surface area contributed by atoms with Crippen LogP contribution in [0.3, 0.4) is 0 Å². The molecule has 4 aromatic rings. The summed E-state index contributed by atoms with van der Waals surface area (Å²) in [5.41, 5.74) is 15.3. The Balaban J connectivity index is 0.803. The van der Waals surface area contributed by atoms with Gasteiger partial charge in [-0.3, -0.25) is 29.8 Å². The number of aliphatic hydroxyl groups excluding tert-OH is 2. The molecule has 0 saturated heterocycles. The highest BCUT2D eigenvalue weighted by Crippen LogP contribution is 2.41. The van der Waals surface area contributed by atoms with Gasteiger partial charge in [0, 0.05) is 67.7 Å². The summed E-state index contributed by atoms with van der Waals surface area (Å²) in [6.45, 7) is 6.26. The quantitative estimate of drug-likeness (QED) is 0.0122. The Labute approximate surface area is 518 Å². The van der Waals surface area contributed by atoms with Gasteiger partial charge >= 0.3 is 12.1 Å². The molecule has 2 amide bonds. The van der Waals surface area contributed by atoms with E-state index in [2.05, 4.69) is 20.6 Å². The zero-order valence-corrected chi connectivity index (χ0v) is 50.2. The number of carboxylic acids is 1. The molecule has 6 rings (SSSR count). The summed E-state index contributed by atoms with van der Waals surface area (Å²) in [6, 6.07) is 18.0.